The number of fused-ring (bicyclic) bond motifs is 1. The highest BCUT2D eigenvalue weighted by Crippen LogP contribution is 2.29. The van der Waals surface area contributed by atoms with Crippen molar-refractivity contribution in [2.24, 2.45) is 0 Å². The average molecular weight is 550 g/mol. The molecule has 3 heterocycles. The number of aromatic nitrogens is 1. The van der Waals surface area contributed by atoms with Gasteiger partial charge in [-0.1, -0.05) is 18.2 Å². The molecule has 1 aliphatic rings. The van der Waals surface area contributed by atoms with Crippen LogP contribution in [-0.2, 0) is 22.5 Å². The second-order valence-corrected chi connectivity index (χ2v) is 11.2. The number of pyridine rings is 1. The van der Waals surface area contributed by atoms with Crippen LogP contribution in [0.1, 0.15) is 52.0 Å². The number of carbonyl (C=O) groups is 3. The monoisotopic (exact) mass is 549 g/mol. The van der Waals surface area contributed by atoms with Crippen LogP contribution in [0.3, 0.4) is 0 Å². The second-order valence-electron chi connectivity index (χ2n) is 10.1. The summed E-state index contributed by atoms with van der Waals surface area (Å²) >= 11 is 1.45. The van der Waals surface area contributed by atoms with E-state index in [0.717, 1.165) is 27.1 Å². The topological polar surface area (TPSA) is 118 Å². The van der Waals surface area contributed by atoms with Crippen LogP contribution >= 0.6 is 11.3 Å². The first-order valence-corrected chi connectivity index (χ1v) is 13.3. The molecule has 2 amide bonds. The van der Waals surface area contributed by atoms with Gasteiger partial charge in [0.25, 0.3) is 5.91 Å². The first-order valence-electron chi connectivity index (χ1n) is 12.5. The molecule has 39 heavy (non-hydrogen) atoms. The summed E-state index contributed by atoms with van der Waals surface area (Å²) in [6.45, 7) is 6.32. The number of carbonyl (C=O) groups excluding carboxylic acids is 2. The van der Waals surface area contributed by atoms with Crippen LogP contribution in [0.25, 0.3) is 11.6 Å². The predicted molar refractivity (Wildman–Crippen MR) is 149 cm³/mol. The van der Waals surface area contributed by atoms with E-state index in [1.165, 1.54) is 11.3 Å². The molecule has 0 radical (unpaired) electrons. The van der Waals surface area contributed by atoms with Crippen LogP contribution in [0.2, 0.25) is 0 Å². The van der Waals surface area contributed by atoms with Crippen molar-refractivity contribution >= 4 is 41.0 Å². The lowest BCUT2D eigenvalue weighted by Crippen LogP contribution is -2.39. The smallest absolute Gasteiger partial charge is 0.410 e. The highest BCUT2D eigenvalue weighted by molar-refractivity contribution is 7.14. The third kappa shape index (κ3) is 7.90. The summed E-state index contributed by atoms with van der Waals surface area (Å²) in [7, 11) is 0. The van der Waals surface area contributed by atoms with E-state index in [1.807, 2.05) is 57.2 Å². The van der Waals surface area contributed by atoms with Crippen molar-refractivity contribution in [1.29, 1.82) is 0 Å². The number of aliphatic carboxylic acids is 1. The van der Waals surface area contributed by atoms with Crippen LogP contribution in [0.15, 0.2) is 54.9 Å². The molecular weight excluding hydrogens is 518 g/mol. The minimum atomic E-state index is -1.05. The number of amides is 2. The fourth-order valence-electron chi connectivity index (χ4n) is 4.00. The van der Waals surface area contributed by atoms with Gasteiger partial charge < -0.3 is 24.8 Å². The lowest BCUT2D eigenvalue weighted by Gasteiger charge is -2.29. The van der Waals surface area contributed by atoms with Gasteiger partial charge in [0, 0.05) is 30.4 Å². The zero-order valence-electron chi connectivity index (χ0n) is 22.1. The van der Waals surface area contributed by atoms with Gasteiger partial charge in [-0.15, -0.1) is 11.3 Å². The number of benzene rings is 1. The maximum Gasteiger partial charge on any atom is 0.410 e. The fourth-order valence-corrected chi connectivity index (χ4v) is 5.08. The summed E-state index contributed by atoms with van der Waals surface area (Å²) in [6.07, 6.45) is 5.69. The van der Waals surface area contributed by atoms with Crippen LogP contribution in [0, 0.1) is 0 Å². The van der Waals surface area contributed by atoms with Gasteiger partial charge >= 0.3 is 12.1 Å². The molecule has 3 aromatic rings. The van der Waals surface area contributed by atoms with E-state index >= 15 is 0 Å². The standard InChI is InChI=1S/C29H31N3O6S/c1-29(2,3)38-28(36)32-12-10-24-22(17-32)14-25(39-24)27(35)31-16-21(13-19-5-4-11-30-15-19)20-6-8-23(9-7-20)37-18-26(33)34/h4-9,11,13-15H,10,12,16-18H2,1-3H3,(H,31,35)(H,33,34)/b21-13+. The van der Waals surface area contributed by atoms with Crippen molar-refractivity contribution < 1.29 is 29.0 Å². The van der Waals surface area contributed by atoms with Gasteiger partial charge in [0.1, 0.15) is 11.4 Å². The minimum Gasteiger partial charge on any atom is -0.482 e. The molecule has 9 nitrogen and oxygen atoms in total. The molecule has 10 heteroatoms. The molecule has 0 saturated heterocycles. The van der Waals surface area contributed by atoms with Crippen LogP contribution in [-0.4, -0.2) is 58.3 Å². The summed E-state index contributed by atoms with van der Waals surface area (Å²) in [5.74, 6) is -0.807. The Labute approximate surface area is 231 Å². The number of hydrogen-bond acceptors (Lipinski definition) is 7. The zero-order valence-corrected chi connectivity index (χ0v) is 22.9. The van der Waals surface area contributed by atoms with Crippen LogP contribution in [0.5, 0.6) is 5.75 Å². The van der Waals surface area contributed by atoms with E-state index < -0.39 is 18.2 Å². The third-order valence-electron chi connectivity index (χ3n) is 5.79. The van der Waals surface area contributed by atoms with Crippen molar-refractivity contribution in [3.63, 3.8) is 0 Å². The SMILES string of the molecule is CC(C)(C)OC(=O)N1CCc2sc(C(=O)NC/C(=C\c3cccnc3)c3ccc(OCC(=O)O)cc3)cc2C1. The number of nitrogens with zero attached hydrogens (tertiary/aromatic N) is 2. The normalized spacial score (nSPS) is 13.4. The lowest BCUT2D eigenvalue weighted by atomic mass is 10.0. The van der Waals surface area contributed by atoms with E-state index in [4.69, 9.17) is 14.6 Å². The van der Waals surface area contributed by atoms with Gasteiger partial charge in [-0.2, -0.15) is 0 Å². The molecule has 204 valence electrons. The quantitative estimate of drug-likeness (QED) is 0.412. The Bertz CT molecular complexity index is 1360. The summed E-state index contributed by atoms with van der Waals surface area (Å²) in [6, 6.07) is 12.6. The Hall–Kier alpha value is -4.18. The molecule has 2 N–H and O–H groups in total. The summed E-state index contributed by atoms with van der Waals surface area (Å²) in [5.41, 5.74) is 2.97. The molecular formula is C29H31N3O6S. The molecule has 0 atom stereocenters. The summed E-state index contributed by atoms with van der Waals surface area (Å²) in [4.78, 5) is 43.9. The Morgan fingerprint density at radius 3 is 2.62 bits per heavy atom. The largest absolute Gasteiger partial charge is 0.482 e. The van der Waals surface area contributed by atoms with Gasteiger partial charge in [-0.3, -0.25) is 9.78 Å². The highest BCUT2D eigenvalue weighted by Gasteiger charge is 2.27. The molecule has 0 fully saturated rings. The van der Waals surface area contributed by atoms with Gasteiger partial charge in [0.15, 0.2) is 6.61 Å². The summed E-state index contributed by atoms with van der Waals surface area (Å²) < 4.78 is 10.7. The molecule has 1 aromatic carbocycles. The maximum absolute atomic E-state index is 13.1. The molecule has 1 aliphatic heterocycles. The molecule has 0 unspecified atom stereocenters. The zero-order chi connectivity index (χ0) is 28.0. The second kappa shape index (κ2) is 12.1. The Morgan fingerprint density at radius 1 is 1.18 bits per heavy atom. The number of ether oxygens (including phenoxy) is 2. The molecule has 0 bridgehead atoms. The number of nitrogens with one attached hydrogen (secondary N) is 1. The van der Waals surface area contributed by atoms with Gasteiger partial charge in [0.05, 0.1) is 11.4 Å². The maximum atomic E-state index is 13.1. The first-order chi connectivity index (χ1) is 18.6. The third-order valence-corrected chi connectivity index (χ3v) is 7.03. The predicted octanol–water partition coefficient (Wildman–Crippen LogP) is 4.87. The molecule has 2 aromatic heterocycles. The molecule has 0 saturated carbocycles. The lowest BCUT2D eigenvalue weighted by molar-refractivity contribution is -0.139. The van der Waals surface area contributed by atoms with Gasteiger partial charge in [0.2, 0.25) is 0 Å². The van der Waals surface area contributed by atoms with Gasteiger partial charge in [-0.05, 0) is 79.8 Å². The fraction of sp³-hybridized carbons (Fsp3) is 0.310. The Kier molecular flexibility index (Phi) is 8.65. The number of hydrogen-bond donors (Lipinski definition) is 2. The van der Waals surface area contributed by atoms with Crippen LogP contribution < -0.4 is 10.1 Å². The van der Waals surface area contributed by atoms with E-state index in [0.29, 0.717) is 30.1 Å². The highest BCUT2D eigenvalue weighted by atomic mass is 32.1. The van der Waals surface area contributed by atoms with Crippen molar-refractivity contribution in [3.8, 4) is 5.75 Å². The van der Waals surface area contributed by atoms with E-state index in [-0.39, 0.29) is 18.5 Å². The number of carboxylic acids is 1. The minimum absolute atomic E-state index is 0.197. The van der Waals surface area contributed by atoms with Gasteiger partial charge in [-0.25, -0.2) is 9.59 Å². The number of carboxylic acid groups (broad SMARTS) is 1. The van der Waals surface area contributed by atoms with Crippen molar-refractivity contribution in [3.05, 3.63) is 81.3 Å². The Morgan fingerprint density at radius 2 is 1.95 bits per heavy atom. The average Bonchev–Trinajstić information content (AvgIpc) is 3.33. The van der Waals surface area contributed by atoms with E-state index in [9.17, 15) is 14.4 Å². The van der Waals surface area contributed by atoms with Crippen molar-refractivity contribution in [2.75, 3.05) is 19.7 Å². The molecule has 0 spiro atoms. The number of rotatable bonds is 8. The van der Waals surface area contributed by atoms with Crippen molar-refractivity contribution in [2.45, 2.75) is 39.3 Å². The number of thiophene rings is 1. The van der Waals surface area contributed by atoms with E-state index in [2.05, 4.69) is 10.3 Å². The molecule has 4 rings (SSSR count). The Balaban J connectivity index is 1.46. The summed E-state index contributed by atoms with van der Waals surface area (Å²) in [5, 5.41) is 11.8. The van der Waals surface area contributed by atoms with E-state index in [1.54, 1.807) is 29.4 Å². The molecule has 0 aliphatic carbocycles. The van der Waals surface area contributed by atoms with Crippen molar-refractivity contribution in [1.82, 2.24) is 15.2 Å². The van der Waals surface area contributed by atoms with Crippen LogP contribution in [0.4, 0.5) is 4.79 Å². The first kappa shape index (κ1) is 27.8.